The van der Waals surface area contributed by atoms with Crippen LogP contribution in [0.25, 0.3) is 0 Å². The number of thiazole rings is 1. The number of aliphatic carboxylic acids is 2. The number of carboxylic acids is 2. The van der Waals surface area contributed by atoms with Crippen LogP contribution < -0.4 is 16.8 Å². The third-order valence-corrected chi connectivity index (χ3v) is 4.18. The van der Waals surface area contributed by atoms with Gasteiger partial charge in [0.05, 0.1) is 0 Å². The molecule has 1 aliphatic rings. The summed E-state index contributed by atoms with van der Waals surface area (Å²) in [4.78, 5) is 70.3. The van der Waals surface area contributed by atoms with Gasteiger partial charge in [0.2, 0.25) is 6.61 Å². The molecule has 1 aromatic rings. The van der Waals surface area contributed by atoms with Crippen molar-refractivity contribution in [1.82, 2.24) is 15.4 Å². The van der Waals surface area contributed by atoms with Crippen molar-refractivity contribution in [3.63, 3.8) is 0 Å². The van der Waals surface area contributed by atoms with Gasteiger partial charge in [0, 0.05) is 5.38 Å². The number of carboxylic acid groups (broad SMARTS) is 2. The number of rotatable bonds is 11. The van der Waals surface area contributed by atoms with Crippen molar-refractivity contribution in [3.05, 3.63) is 11.1 Å². The topological polar surface area (TPSA) is 246 Å². The van der Waals surface area contributed by atoms with E-state index in [2.05, 4.69) is 25.0 Å². The highest BCUT2D eigenvalue weighted by Crippen LogP contribution is 2.22. The van der Waals surface area contributed by atoms with Crippen molar-refractivity contribution in [2.24, 2.45) is 10.9 Å². The maximum Gasteiger partial charge on any atom is 0.404 e. The fourth-order valence-corrected chi connectivity index (χ4v) is 2.80. The Morgan fingerprint density at radius 2 is 1.94 bits per heavy atom. The lowest BCUT2D eigenvalue weighted by molar-refractivity contribution is -0.240. The number of nitrogens with zero attached hydrogens (tertiary/aromatic N) is 3. The van der Waals surface area contributed by atoms with E-state index in [0.717, 1.165) is 11.3 Å². The molecule has 2 heterocycles. The Kier molecular flexibility index (Phi) is 7.64. The summed E-state index contributed by atoms with van der Waals surface area (Å²) in [6, 6.07) is -2.42. The van der Waals surface area contributed by atoms with E-state index < -0.39 is 67.5 Å². The number of nitrogens with two attached hydrogens (primary N) is 2. The first-order chi connectivity index (χ1) is 14.6. The van der Waals surface area contributed by atoms with Crippen molar-refractivity contribution in [2.75, 3.05) is 25.6 Å². The molecule has 0 radical (unpaired) electrons. The van der Waals surface area contributed by atoms with Crippen molar-refractivity contribution < 1.29 is 48.6 Å². The Bertz CT molecular complexity index is 917. The fourth-order valence-electron chi connectivity index (χ4n) is 2.25. The lowest BCUT2D eigenvalue weighted by Crippen LogP contribution is -2.72. The highest BCUT2D eigenvalue weighted by atomic mass is 32.1. The van der Waals surface area contributed by atoms with Crippen molar-refractivity contribution in [2.45, 2.75) is 12.1 Å². The highest BCUT2D eigenvalue weighted by Gasteiger charge is 2.51. The molecule has 7 N–H and O–H groups in total. The predicted octanol–water partition coefficient (Wildman–Crippen LogP) is -2.66. The molecule has 168 valence electrons. The number of ether oxygens (including phenoxy) is 1. The van der Waals surface area contributed by atoms with Crippen molar-refractivity contribution in [1.29, 1.82) is 0 Å². The highest BCUT2D eigenvalue weighted by molar-refractivity contribution is 7.13. The van der Waals surface area contributed by atoms with Crippen LogP contribution in [-0.2, 0) is 33.6 Å². The molecule has 0 bridgehead atoms. The van der Waals surface area contributed by atoms with E-state index in [4.69, 9.17) is 26.5 Å². The van der Waals surface area contributed by atoms with E-state index >= 15 is 0 Å². The van der Waals surface area contributed by atoms with E-state index in [1.807, 2.05) is 0 Å². The Morgan fingerprint density at radius 1 is 1.26 bits per heavy atom. The second kappa shape index (κ2) is 10.2. The SMILES string of the molecule is NC(=O)OC[C@@H]1[C@H](NC(=O)C(=NOCC(=O)O)c2csc(N)n2)C(=O)N1OCC(=O)O. The summed E-state index contributed by atoms with van der Waals surface area (Å²) in [5.41, 5.74) is 9.87. The number of primary amides is 1. The first kappa shape index (κ1) is 23.3. The molecule has 16 nitrogen and oxygen atoms in total. The van der Waals surface area contributed by atoms with Gasteiger partial charge in [-0.3, -0.25) is 14.4 Å². The minimum Gasteiger partial charge on any atom is -0.479 e. The van der Waals surface area contributed by atoms with E-state index in [-0.39, 0.29) is 10.8 Å². The Hall–Kier alpha value is -3.99. The Morgan fingerprint density at radius 3 is 2.48 bits per heavy atom. The van der Waals surface area contributed by atoms with Crippen LogP contribution in [-0.4, -0.2) is 87.7 Å². The number of hydrogen-bond donors (Lipinski definition) is 5. The van der Waals surface area contributed by atoms with Gasteiger partial charge in [0.15, 0.2) is 17.5 Å². The largest absolute Gasteiger partial charge is 0.479 e. The van der Waals surface area contributed by atoms with Crippen molar-refractivity contribution >= 4 is 52.0 Å². The number of nitrogens with one attached hydrogen (secondary N) is 1. The van der Waals surface area contributed by atoms with Crippen LogP contribution in [0.4, 0.5) is 9.93 Å². The first-order valence-corrected chi connectivity index (χ1v) is 9.02. The fraction of sp³-hybridized carbons (Fsp3) is 0.357. The van der Waals surface area contributed by atoms with Crippen LogP contribution in [0, 0.1) is 0 Å². The van der Waals surface area contributed by atoms with Crippen LogP contribution >= 0.6 is 11.3 Å². The van der Waals surface area contributed by atoms with Gasteiger partial charge in [0.25, 0.3) is 11.8 Å². The molecular formula is C14H16N6O10S. The molecule has 1 fully saturated rings. The molecule has 1 aliphatic heterocycles. The number of carbonyl (C=O) groups excluding carboxylic acids is 3. The van der Waals surface area contributed by atoms with Crippen molar-refractivity contribution in [3.8, 4) is 0 Å². The van der Waals surface area contributed by atoms with Gasteiger partial charge in [0.1, 0.15) is 24.4 Å². The zero-order chi connectivity index (χ0) is 23.1. The van der Waals surface area contributed by atoms with Gasteiger partial charge in [-0.15, -0.1) is 11.3 Å². The van der Waals surface area contributed by atoms with E-state index in [1.165, 1.54) is 5.38 Å². The molecule has 0 aromatic carbocycles. The standard InChI is InChI=1S/C14H16N6O10S/c15-13-17-5(4-31-13)9(19-29-2-7(21)22)11(25)18-10-6(1-28-14(16)27)20(12(10)26)30-3-8(23)24/h4,6,10H,1-3H2,(H2,15,17)(H2,16,27)(H,18,25)(H,21,22)(H,23,24)/t6-,10+/m1/s1. The molecule has 1 aromatic heterocycles. The number of hydrogen-bond acceptors (Lipinski definition) is 12. The van der Waals surface area contributed by atoms with Crippen LogP contribution in [0.5, 0.6) is 0 Å². The molecule has 31 heavy (non-hydrogen) atoms. The second-order valence-electron chi connectivity index (χ2n) is 5.66. The number of aromatic nitrogens is 1. The molecule has 3 amide bonds. The molecule has 1 saturated heterocycles. The zero-order valence-electron chi connectivity index (χ0n) is 15.4. The van der Waals surface area contributed by atoms with Gasteiger partial charge in [-0.1, -0.05) is 5.16 Å². The maximum atomic E-state index is 12.7. The van der Waals surface area contributed by atoms with E-state index in [0.29, 0.717) is 5.06 Å². The first-order valence-electron chi connectivity index (χ1n) is 8.14. The second-order valence-corrected chi connectivity index (χ2v) is 6.55. The minimum absolute atomic E-state index is 0.0546. The van der Waals surface area contributed by atoms with Crippen LogP contribution in [0.3, 0.4) is 0 Å². The number of amides is 3. The Labute approximate surface area is 176 Å². The molecular weight excluding hydrogens is 444 g/mol. The molecule has 0 unspecified atom stereocenters. The number of hydroxylamine groups is 2. The minimum atomic E-state index is -1.37. The van der Waals surface area contributed by atoms with Crippen LogP contribution in [0.2, 0.25) is 0 Å². The normalized spacial score (nSPS) is 18.1. The number of nitrogen functional groups attached to an aromatic ring is 1. The summed E-state index contributed by atoms with van der Waals surface area (Å²) in [5, 5.41) is 25.1. The molecule has 2 atom stereocenters. The van der Waals surface area contributed by atoms with E-state index in [9.17, 15) is 24.0 Å². The molecule has 0 aliphatic carbocycles. The molecule has 17 heteroatoms. The van der Waals surface area contributed by atoms with E-state index in [1.54, 1.807) is 0 Å². The maximum absolute atomic E-state index is 12.7. The third kappa shape index (κ3) is 6.24. The lowest BCUT2D eigenvalue weighted by Gasteiger charge is -2.44. The Balaban J connectivity index is 2.17. The summed E-state index contributed by atoms with van der Waals surface area (Å²) in [6.07, 6.45) is -1.18. The summed E-state index contributed by atoms with van der Waals surface area (Å²) in [6.45, 7) is -2.24. The predicted molar refractivity (Wildman–Crippen MR) is 98.3 cm³/mol. The number of β-lactam (4-membered cyclic amide) rings is 1. The van der Waals surface area contributed by atoms with Crippen LogP contribution in [0.15, 0.2) is 10.5 Å². The van der Waals surface area contributed by atoms with Crippen LogP contribution in [0.1, 0.15) is 5.69 Å². The number of oxime groups is 1. The molecule has 0 spiro atoms. The summed E-state index contributed by atoms with van der Waals surface area (Å²) in [5.74, 6) is -4.58. The lowest BCUT2D eigenvalue weighted by atomic mass is 9.98. The smallest absolute Gasteiger partial charge is 0.404 e. The van der Waals surface area contributed by atoms with Gasteiger partial charge < -0.3 is 36.6 Å². The molecule has 2 rings (SSSR count). The number of carbonyl (C=O) groups is 5. The quantitative estimate of drug-likeness (QED) is 0.129. The summed E-state index contributed by atoms with van der Waals surface area (Å²) < 4.78 is 4.60. The molecule has 0 saturated carbocycles. The van der Waals surface area contributed by atoms with Gasteiger partial charge in [-0.05, 0) is 0 Å². The average molecular weight is 460 g/mol. The monoisotopic (exact) mass is 460 g/mol. The summed E-state index contributed by atoms with van der Waals surface area (Å²) >= 11 is 0.962. The van der Waals surface area contributed by atoms with Gasteiger partial charge in [-0.25, -0.2) is 24.4 Å². The van der Waals surface area contributed by atoms with Gasteiger partial charge in [-0.2, -0.15) is 0 Å². The summed E-state index contributed by atoms with van der Waals surface area (Å²) in [7, 11) is 0. The number of anilines is 1. The zero-order valence-corrected chi connectivity index (χ0v) is 16.2. The average Bonchev–Trinajstić information content (AvgIpc) is 3.10. The third-order valence-electron chi connectivity index (χ3n) is 3.50. The van der Waals surface area contributed by atoms with Gasteiger partial charge >= 0.3 is 18.0 Å².